The normalized spacial score (nSPS) is 13.6. The molecule has 0 saturated heterocycles. The third-order valence-electron chi connectivity index (χ3n) is 2.97. The molecule has 2 aromatic rings. The molecule has 1 aromatic carbocycles. The van der Waals surface area contributed by atoms with Gasteiger partial charge in [0.05, 0.1) is 4.90 Å². The lowest BCUT2D eigenvalue weighted by molar-refractivity contribution is 0.556. The second kappa shape index (κ2) is 5.14. The molecule has 2 rings (SSSR count). The molecule has 5 nitrogen and oxygen atoms in total. The summed E-state index contributed by atoms with van der Waals surface area (Å²) in [4.78, 5) is 14.0. The number of H-pyrrole nitrogens is 1. The molecule has 0 unspecified atom stereocenters. The van der Waals surface area contributed by atoms with Gasteiger partial charge in [-0.3, -0.25) is 4.79 Å². The predicted octanol–water partition coefficient (Wildman–Crippen LogP) is 1.60. The topological polar surface area (TPSA) is 79.0 Å². The minimum absolute atomic E-state index is 0.115. The standard InChI is InChI=1S/C13H16N2O3S/c1-3-9(2)15-19(17,18)11-5-6-12-10(8-11)4-7-13(16)14-12/h4-9,15H,3H2,1-2H3,(H,14,16)/t9-/m0/s1. The van der Waals surface area contributed by atoms with Crippen LogP contribution in [-0.4, -0.2) is 19.4 Å². The minimum atomic E-state index is -3.52. The highest BCUT2D eigenvalue weighted by Gasteiger charge is 2.16. The fourth-order valence-corrected chi connectivity index (χ4v) is 3.08. The van der Waals surface area contributed by atoms with Gasteiger partial charge >= 0.3 is 0 Å². The Morgan fingerprint density at radius 2 is 2.00 bits per heavy atom. The van der Waals surface area contributed by atoms with Crippen molar-refractivity contribution in [2.45, 2.75) is 31.2 Å². The zero-order chi connectivity index (χ0) is 14.0. The van der Waals surface area contributed by atoms with Gasteiger partial charge in [0.15, 0.2) is 0 Å². The molecule has 19 heavy (non-hydrogen) atoms. The maximum absolute atomic E-state index is 12.1. The van der Waals surface area contributed by atoms with Gasteiger partial charge in [0.1, 0.15) is 0 Å². The van der Waals surface area contributed by atoms with Crippen LogP contribution in [0.2, 0.25) is 0 Å². The van der Waals surface area contributed by atoms with Gasteiger partial charge in [-0.05, 0) is 43.0 Å². The maximum atomic E-state index is 12.1. The summed E-state index contributed by atoms with van der Waals surface area (Å²) in [5, 5.41) is 0.687. The van der Waals surface area contributed by atoms with Crippen LogP contribution in [0.4, 0.5) is 0 Å². The van der Waals surface area contributed by atoms with Crippen LogP contribution in [0.1, 0.15) is 20.3 Å². The summed E-state index contributed by atoms with van der Waals surface area (Å²) < 4.78 is 26.9. The van der Waals surface area contributed by atoms with Gasteiger partial charge in [0, 0.05) is 17.6 Å². The molecule has 1 atom stereocenters. The third kappa shape index (κ3) is 3.02. The summed E-state index contributed by atoms with van der Waals surface area (Å²) >= 11 is 0. The molecule has 0 saturated carbocycles. The second-order valence-electron chi connectivity index (χ2n) is 4.50. The molecule has 102 valence electrons. The molecule has 6 heteroatoms. The molecule has 0 fully saturated rings. The van der Waals surface area contributed by atoms with Gasteiger partial charge in [0.25, 0.3) is 0 Å². The molecule has 0 aliphatic carbocycles. The van der Waals surface area contributed by atoms with E-state index in [1.54, 1.807) is 18.2 Å². The number of sulfonamides is 1. The van der Waals surface area contributed by atoms with Gasteiger partial charge < -0.3 is 4.98 Å². The predicted molar refractivity (Wildman–Crippen MR) is 74.6 cm³/mol. The Morgan fingerprint density at radius 3 is 2.68 bits per heavy atom. The Bertz CT molecular complexity index is 750. The smallest absolute Gasteiger partial charge is 0.248 e. The van der Waals surface area contributed by atoms with Gasteiger partial charge in [-0.15, -0.1) is 0 Å². The number of pyridine rings is 1. The zero-order valence-corrected chi connectivity index (χ0v) is 11.6. The van der Waals surface area contributed by atoms with E-state index in [0.717, 1.165) is 6.42 Å². The highest BCUT2D eigenvalue weighted by molar-refractivity contribution is 7.89. The Kier molecular flexibility index (Phi) is 3.73. The van der Waals surface area contributed by atoms with Crippen LogP contribution in [0.15, 0.2) is 40.0 Å². The van der Waals surface area contributed by atoms with Crippen molar-refractivity contribution in [1.82, 2.24) is 9.71 Å². The lowest BCUT2D eigenvalue weighted by atomic mass is 10.2. The fourth-order valence-electron chi connectivity index (χ4n) is 1.72. The first-order valence-corrected chi connectivity index (χ1v) is 7.56. The molecule has 0 radical (unpaired) electrons. The fraction of sp³-hybridized carbons (Fsp3) is 0.308. The summed E-state index contributed by atoms with van der Waals surface area (Å²) in [6.07, 6.45) is 0.722. The van der Waals surface area contributed by atoms with Crippen LogP contribution in [0.25, 0.3) is 10.9 Å². The van der Waals surface area contributed by atoms with Crippen LogP contribution >= 0.6 is 0 Å². The van der Waals surface area contributed by atoms with Crippen LogP contribution in [0.3, 0.4) is 0 Å². The van der Waals surface area contributed by atoms with Crippen molar-refractivity contribution in [1.29, 1.82) is 0 Å². The van der Waals surface area contributed by atoms with Crippen molar-refractivity contribution < 1.29 is 8.42 Å². The molecule has 1 aromatic heterocycles. The van der Waals surface area contributed by atoms with Crippen LogP contribution in [0, 0.1) is 0 Å². The molecule has 0 aliphatic rings. The monoisotopic (exact) mass is 280 g/mol. The van der Waals surface area contributed by atoms with Crippen molar-refractivity contribution in [2.75, 3.05) is 0 Å². The molecular weight excluding hydrogens is 264 g/mol. The Morgan fingerprint density at radius 1 is 1.26 bits per heavy atom. The van der Waals surface area contributed by atoms with E-state index in [-0.39, 0.29) is 16.5 Å². The quantitative estimate of drug-likeness (QED) is 0.893. The van der Waals surface area contributed by atoms with Crippen LogP contribution in [0.5, 0.6) is 0 Å². The average molecular weight is 280 g/mol. The van der Waals surface area contributed by atoms with E-state index in [1.165, 1.54) is 12.1 Å². The van der Waals surface area contributed by atoms with Crippen LogP contribution < -0.4 is 10.3 Å². The third-order valence-corrected chi connectivity index (χ3v) is 4.56. The maximum Gasteiger partial charge on any atom is 0.248 e. The Labute approximate surface area is 111 Å². The van der Waals surface area contributed by atoms with E-state index in [0.29, 0.717) is 10.9 Å². The van der Waals surface area contributed by atoms with Gasteiger partial charge in [-0.1, -0.05) is 6.92 Å². The number of nitrogens with one attached hydrogen (secondary N) is 2. The molecule has 2 N–H and O–H groups in total. The van der Waals surface area contributed by atoms with E-state index >= 15 is 0 Å². The average Bonchev–Trinajstić information content (AvgIpc) is 2.37. The number of hydrogen-bond acceptors (Lipinski definition) is 3. The lowest BCUT2D eigenvalue weighted by Crippen LogP contribution is -2.31. The molecule has 1 heterocycles. The molecule has 0 aliphatic heterocycles. The number of rotatable bonds is 4. The summed E-state index contributed by atoms with van der Waals surface area (Å²) in [5.41, 5.74) is 0.413. The van der Waals surface area contributed by atoms with Crippen molar-refractivity contribution in [2.24, 2.45) is 0 Å². The van der Waals surface area contributed by atoms with Crippen molar-refractivity contribution in [3.63, 3.8) is 0 Å². The highest BCUT2D eigenvalue weighted by Crippen LogP contribution is 2.16. The second-order valence-corrected chi connectivity index (χ2v) is 6.22. The van der Waals surface area contributed by atoms with Gasteiger partial charge in [-0.25, -0.2) is 13.1 Å². The van der Waals surface area contributed by atoms with E-state index in [2.05, 4.69) is 9.71 Å². The summed E-state index contributed by atoms with van der Waals surface area (Å²) in [7, 11) is -3.52. The number of aromatic amines is 1. The van der Waals surface area contributed by atoms with Gasteiger partial charge in [0.2, 0.25) is 15.6 Å². The van der Waals surface area contributed by atoms with Gasteiger partial charge in [-0.2, -0.15) is 0 Å². The SMILES string of the molecule is CC[C@H](C)NS(=O)(=O)c1ccc2[nH]c(=O)ccc2c1. The van der Waals surface area contributed by atoms with E-state index in [9.17, 15) is 13.2 Å². The zero-order valence-electron chi connectivity index (χ0n) is 10.8. The first-order chi connectivity index (χ1) is 8.92. The van der Waals surface area contributed by atoms with Crippen molar-refractivity contribution >= 4 is 20.9 Å². The largest absolute Gasteiger partial charge is 0.322 e. The summed E-state index contributed by atoms with van der Waals surface area (Å²) in [5.74, 6) is 0. The van der Waals surface area contributed by atoms with E-state index in [4.69, 9.17) is 0 Å². The van der Waals surface area contributed by atoms with E-state index in [1.807, 2.05) is 13.8 Å². The molecular formula is C13H16N2O3S. The van der Waals surface area contributed by atoms with Crippen molar-refractivity contribution in [3.8, 4) is 0 Å². The highest BCUT2D eigenvalue weighted by atomic mass is 32.2. The lowest BCUT2D eigenvalue weighted by Gasteiger charge is -2.12. The first-order valence-electron chi connectivity index (χ1n) is 6.08. The summed E-state index contributed by atoms with van der Waals surface area (Å²) in [6, 6.07) is 7.51. The first kappa shape index (κ1) is 13.8. The summed E-state index contributed by atoms with van der Waals surface area (Å²) in [6.45, 7) is 3.73. The molecule has 0 spiro atoms. The van der Waals surface area contributed by atoms with Crippen molar-refractivity contribution in [3.05, 3.63) is 40.7 Å². The minimum Gasteiger partial charge on any atom is -0.322 e. The molecule has 0 bridgehead atoms. The number of aromatic nitrogens is 1. The molecule has 0 amide bonds. The number of benzene rings is 1. The number of fused-ring (bicyclic) bond motifs is 1. The Hall–Kier alpha value is -1.66. The van der Waals surface area contributed by atoms with Crippen LogP contribution in [-0.2, 0) is 10.0 Å². The van der Waals surface area contributed by atoms with E-state index < -0.39 is 10.0 Å². The Balaban J connectivity index is 2.46. The number of hydrogen-bond donors (Lipinski definition) is 2.